The lowest BCUT2D eigenvalue weighted by molar-refractivity contribution is -0.144. The Morgan fingerprint density at radius 2 is 2.28 bits per heavy atom. The van der Waals surface area contributed by atoms with E-state index in [0.29, 0.717) is 12.2 Å². The zero-order chi connectivity index (χ0) is 13.1. The van der Waals surface area contributed by atoms with E-state index in [2.05, 4.69) is 5.10 Å². The van der Waals surface area contributed by atoms with Crippen LogP contribution in [0.15, 0.2) is 12.4 Å². The number of hydrogen-bond acceptors (Lipinski definition) is 4. The third-order valence-electron chi connectivity index (χ3n) is 2.81. The van der Waals surface area contributed by atoms with Crippen LogP contribution in [0, 0.1) is 0 Å². The molecule has 1 amide bonds. The smallest absolute Gasteiger partial charge is 0.325 e. The second kappa shape index (κ2) is 5.20. The highest BCUT2D eigenvalue weighted by molar-refractivity contribution is 5.96. The van der Waals surface area contributed by atoms with Crippen LogP contribution in [0.4, 0.5) is 0 Å². The molecule has 2 rings (SSSR count). The minimum Gasteiger partial charge on any atom is -0.465 e. The van der Waals surface area contributed by atoms with Crippen LogP contribution in [0.25, 0.3) is 0 Å². The largest absolute Gasteiger partial charge is 0.465 e. The van der Waals surface area contributed by atoms with Crippen LogP contribution in [-0.4, -0.2) is 45.8 Å². The third-order valence-corrected chi connectivity index (χ3v) is 2.81. The molecule has 0 saturated heterocycles. The Labute approximate surface area is 106 Å². The first-order valence-corrected chi connectivity index (χ1v) is 6.07. The molecule has 1 heterocycles. The second-order valence-corrected chi connectivity index (χ2v) is 4.37. The van der Waals surface area contributed by atoms with Gasteiger partial charge >= 0.3 is 5.97 Å². The van der Waals surface area contributed by atoms with Crippen LogP contribution in [0.3, 0.4) is 0 Å². The fourth-order valence-corrected chi connectivity index (χ4v) is 1.80. The molecule has 6 heteroatoms. The van der Waals surface area contributed by atoms with Gasteiger partial charge in [0, 0.05) is 19.3 Å². The fraction of sp³-hybridized carbons (Fsp3) is 0.583. The van der Waals surface area contributed by atoms with Crippen molar-refractivity contribution in [2.75, 3.05) is 13.2 Å². The Morgan fingerprint density at radius 1 is 1.56 bits per heavy atom. The average molecular weight is 251 g/mol. The van der Waals surface area contributed by atoms with Gasteiger partial charge in [-0.2, -0.15) is 5.10 Å². The highest BCUT2D eigenvalue weighted by Gasteiger charge is 2.35. The summed E-state index contributed by atoms with van der Waals surface area (Å²) in [6.45, 7) is 2.10. The van der Waals surface area contributed by atoms with E-state index in [1.165, 1.54) is 6.20 Å². The van der Waals surface area contributed by atoms with E-state index >= 15 is 0 Å². The van der Waals surface area contributed by atoms with Crippen LogP contribution in [0.5, 0.6) is 0 Å². The standard InChI is InChI=1S/C12H17N3O3/c1-3-18-11(16)8-15(10-4-5-10)12(17)9-6-13-14(2)7-9/h6-7,10H,3-5,8H2,1-2H3. The maximum Gasteiger partial charge on any atom is 0.325 e. The molecular weight excluding hydrogens is 234 g/mol. The number of hydrogen-bond donors (Lipinski definition) is 0. The van der Waals surface area contributed by atoms with E-state index in [1.54, 1.807) is 29.7 Å². The summed E-state index contributed by atoms with van der Waals surface area (Å²) in [6, 6.07) is 0.169. The number of nitrogens with zero attached hydrogens (tertiary/aromatic N) is 3. The molecule has 1 fully saturated rings. The summed E-state index contributed by atoms with van der Waals surface area (Å²) >= 11 is 0. The Morgan fingerprint density at radius 3 is 2.78 bits per heavy atom. The molecule has 0 unspecified atom stereocenters. The first-order valence-electron chi connectivity index (χ1n) is 6.07. The van der Waals surface area contributed by atoms with Crippen LogP contribution in [0.1, 0.15) is 30.1 Å². The normalized spacial score (nSPS) is 14.3. The van der Waals surface area contributed by atoms with E-state index in [-0.39, 0.29) is 24.5 Å². The van der Waals surface area contributed by atoms with Gasteiger partial charge in [-0.1, -0.05) is 0 Å². The Kier molecular flexibility index (Phi) is 3.64. The SMILES string of the molecule is CCOC(=O)CN(C(=O)c1cnn(C)c1)C1CC1. The maximum absolute atomic E-state index is 12.2. The van der Waals surface area contributed by atoms with E-state index in [4.69, 9.17) is 4.74 Å². The van der Waals surface area contributed by atoms with Crippen molar-refractivity contribution in [3.8, 4) is 0 Å². The van der Waals surface area contributed by atoms with Crippen molar-refractivity contribution in [2.24, 2.45) is 7.05 Å². The third kappa shape index (κ3) is 2.88. The molecule has 6 nitrogen and oxygen atoms in total. The molecule has 0 aliphatic heterocycles. The van der Waals surface area contributed by atoms with Gasteiger partial charge in [-0.15, -0.1) is 0 Å². The predicted octanol–water partition coefficient (Wildman–Crippen LogP) is 0.588. The molecule has 1 aromatic heterocycles. The second-order valence-electron chi connectivity index (χ2n) is 4.37. The van der Waals surface area contributed by atoms with Gasteiger partial charge in [-0.05, 0) is 19.8 Å². The number of rotatable bonds is 5. The van der Waals surface area contributed by atoms with Gasteiger partial charge in [0.05, 0.1) is 18.4 Å². The zero-order valence-corrected chi connectivity index (χ0v) is 10.6. The quantitative estimate of drug-likeness (QED) is 0.718. The van der Waals surface area contributed by atoms with Crippen molar-refractivity contribution in [3.05, 3.63) is 18.0 Å². The number of aryl methyl sites for hydroxylation is 1. The average Bonchev–Trinajstić information content (AvgIpc) is 3.08. The lowest BCUT2D eigenvalue weighted by Gasteiger charge is -2.20. The summed E-state index contributed by atoms with van der Waals surface area (Å²) in [7, 11) is 1.75. The van der Waals surface area contributed by atoms with Crippen LogP contribution >= 0.6 is 0 Å². The minimum atomic E-state index is -0.360. The highest BCUT2D eigenvalue weighted by atomic mass is 16.5. The predicted molar refractivity (Wildman–Crippen MR) is 63.9 cm³/mol. The van der Waals surface area contributed by atoms with Crippen molar-refractivity contribution < 1.29 is 14.3 Å². The molecule has 0 aromatic carbocycles. The molecule has 1 aliphatic carbocycles. The summed E-state index contributed by atoms with van der Waals surface area (Å²) in [4.78, 5) is 25.3. The summed E-state index contributed by atoms with van der Waals surface area (Å²) in [6.07, 6.45) is 5.07. The molecule has 0 bridgehead atoms. The van der Waals surface area contributed by atoms with Gasteiger partial charge in [0.2, 0.25) is 0 Å². The summed E-state index contributed by atoms with van der Waals surface area (Å²) in [5, 5.41) is 3.97. The number of amides is 1. The molecule has 1 aliphatic rings. The Hall–Kier alpha value is -1.85. The van der Waals surface area contributed by atoms with Crippen molar-refractivity contribution in [1.82, 2.24) is 14.7 Å². The van der Waals surface area contributed by atoms with Gasteiger partial charge in [0.1, 0.15) is 6.54 Å². The van der Waals surface area contributed by atoms with Crippen molar-refractivity contribution in [1.29, 1.82) is 0 Å². The molecule has 0 atom stereocenters. The number of esters is 1. The molecule has 98 valence electrons. The monoisotopic (exact) mass is 251 g/mol. The molecule has 1 aromatic rings. The van der Waals surface area contributed by atoms with E-state index in [0.717, 1.165) is 12.8 Å². The van der Waals surface area contributed by atoms with Crippen LogP contribution < -0.4 is 0 Å². The molecule has 0 spiro atoms. The number of carbonyl (C=O) groups is 2. The van der Waals surface area contributed by atoms with Gasteiger partial charge in [0.25, 0.3) is 5.91 Å². The van der Waals surface area contributed by atoms with Crippen LogP contribution in [-0.2, 0) is 16.6 Å². The van der Waals surface area contributed by atoms with Gasteiger partial charge in [0.15, 0.2) is 0 Å². The van der Waals surface area contributed by atoms with Crippen molar-refractivity contribution in [2.45, 2.75) is 25.8 Å². The molecule has 1 saturated carbocycles. The maximum atomic E-state index is 12.2. The zero-order valence-electron chi connectivity index (χ0n) is 10.6. The Bertz CT molecular complexity index is 451. The lowest BCUT2D eigenvalue weighted by Crippen LogP contribution is -2.38. The van der Waals surface area contributed by atoms with Crippen LogP contribution in [0.2, 0.25) is 0 Å². The summed E-state index contributed by atoms with van der Waals surface area (Å²) in [5.41, 5.74) is 0.508. The molecule has 0 radical (unpaired) electrons. The minimum absolute atomic E-state index is 0.0201. The van der Waals surface area contributed by atoms with E-state index < -0.39 is 0 Å². The molecular formula is C12H17N3O3. The highest BCUT2D eigenvalue weighted by Crippen LogP contribution is 2.28. The molecule has 0 N–H and O–H groups in total. The van der Waals surface area contributed by atoms with E-state index in [9.17, 15) is 9.59 Å². The summed E-state index contributed by atoms with van der Waals surface area (Å²) < 4.78 is 6.46. The number of ether oxygens (including phenoxy) is 1. The first-order chi connectivity index (χ1) is 8.61. The first kappa shape index (κ1) is 12.6. The van der Waals surface area contributed by atoms with Gasteiger partial charge in [-0.25, -0.2) is 0 Å². The number of carbonyl (C=O) groups excluding carboxylic acids is 2. The fourth-order valence-electron chi connectivity index (χ4n) is 1.80. The van der Waals surface area contributed by atoms with Crippen molar-refractivity contribution >= 4 is 11.9 Å². The van der Waals surface area contributed by atoms with Crippen molar-refractivity contribution in [3.63, 3.8) is 0 Å². The molecule has 18 heavy (non-hydrogen) atoms. The summed E-state index contributed by atoms with van der Waals surface area (Å²) in [5.74, 6) is -0.514. The van der Waals surface area contributed by atoms with Gasteiger partial charge in [-0.3, -0.25) is 14.3 Å². The van der Waals surface area contributed by atoms with E-state index in [1.807, 2.05) is 0 Å². The lowest BCUT2D eigenvalue weighted by atomic mass is 10.3. The topological polar surface area (TPSA) is 64.4 Å². The Balaban J connectivity index is 2.05. The number of aromatic nitrogens is 2. The van der Waals surface area contributed by atoms with Gasteiger partial charge < -0.3 is 9.64 Å².